The largest absolute Gasteiger partial charge is 0.286 e. The molecule has 1 unspecified atom stereocenters. The van der Waals surface area contributed by atoms with E-state index in [2.05, 4.69) is 4.72 Å². The Morgan fingerprint density at radius 2 is 1.94 bits per heavy atom. The van der Waals surface area contributed by atoms with Gasteiger partial charge in [-0.25, -0.2) is 13.2 Å². The molecule has 2 N–H and O–H groups in total. The summed E-state index contributed by atoms with van der Waals surface area (Å²) in [6.45, 7) is 3.50. The Balaban J connectivity index is 2.35. The van der Waals surface area contributed by atoms with Crippen LogP contribution in [0.5, 0.6) is 0 Å². The molecule has 1 aliphatic rings. The SMILES string of the molecule is CC1(C)NS(=O)N(c2ccc([N+](=O)[O-])cc2)C1=N. The predicted molar refractivity (Wildman–Crippen MR) is 68.7 cm³/mol. The fourth-order valence-corrected chi connectivity index (χ4v) is 2.92. The number of nitrogens with one attached hydrogen (secondary N) is 2. The summed E-state index contributed by atoms with van der Waals surface area (Å²) in [7, 11) is 0. The van der Waals surface area contributed by atoms with Crippen LogP contribution in [0.2, 0.25) is 0 Å². The zero-order valence-electron chi connectivity index (χ0n) is 9.84. The van der Waals surface area contributed by atoms with Gasteiger partial charge in [0.1, 0.15) is 5.84 Å². The molecule has 7 nitrogen and oxygen atoms in total. The highest BCUT2D eigenvalue weighted by Gasteiger charge is 2.41. The molecule has 1 heterocycles. The van der Waals surface area contributed by atoms with Crippen LogP contribution in [0.4, 0.5) is 11.4 Å². The van der Waals surface area contributed by atoms with Gasteiger partial charge in [-0.05, 0) is 26.0 Å². The van der Waals surface area contributed by atoms with Gasteiger partial charge in [-0.1, -0.05) is 0 Å². The first kappa shape index (κ1) is 12.7. The Morgan fingerprint density at radius 3 is 2.33 bits per heavy atom. The van der Waals surface area contributed by atoms with E-state index in [1.807, 2.05) is 0 Å². The van der Waals surface area contributed by atoms with E-state index < -0.39 is 21.6 Å². The van der Waals surface area contributed by atoms with Gasteiger partial charge in [-0.15, -0.1) is 0 Å². The smallest absolute Gasteiger partial charge is 0.269 e. The number of nitrogens with zero attached hydrogens (tertiary/aromatic N) is 2. The van der Waals surface area contributed by atoms with Crippen LogP contribution < -0.4 is 9.03 Å². The van der Waals surface area contributed by atoms with Gasteiger partial charge in [0.05, 0.1) is 16.1 Å². The third kappa shape index (κ3) is 2.00. The Labute approximate surface area is 106 Å². The third-order valence-corrected chi connectivity index (χ3v) is 4.01. The summed E-state index contributed by atoms with van der Waals surface area (Å²) in [5.74, 6) is 0.162. The zero-order valence-corrected chi connectivity index (χ0v) is 10.7. The van der Waals surface area contributed by atoms with Crippen LogP contribution in [-0.2, 0) is 11.2 Å². The Kier molecular flexibility index (Phi) is 2.91. The number of hydrogen-bond donors (Lipinski definition) is 2. The number of rotatable bonds is 2. The summed E-state index contributed by atoms with van der Waals surface area (Å²) in [4.78, 5) is 10.0. The van der Waals surface area contributed by atoms with Crippen LogP contribution in [-0.4, -0.2) is 20.5 Å². The van der Waals surface area contributed by atoms with Crippen molar-refractivity contribution in [1.29, 1.82) is 5.41 Å². The minimum atomic E-state index is -1.54. The molecule has 0 bridgehead atoms. The van der Waals surface area contributed by atoms with Gasteiger partial charge in [0.25, 0.3) is 5.69 Å². The zero-order chi connectivity index (χ0) is 13.5. The molecule has 1 aliphatic heterocycles. The van der Waals surface area contributed by atoms with Crippen LogP contribution in [0.3, 0.4) is 0 Å². The molecule has 0 aliphatic carbocycles. The van der Waals surface area contributed by atoms with E-state index in [9.17, 15) is 14.3 Å². The van der Waals surface area contributed by atoms with Gasteiger partial charge >= 0.3 is 0 Å². The van der Waals surface area contributed by atoms with Crippen LogP contribution in [0.15, 0.2) is 24.3 Å². The molecule has 1 saturated heterocycles. The van der Waals surface area contributed by atoms with Gasteiger partial charge in [0.15, 0.2) is 0 Å². The molecule has 18 heavy (non-hydrogen) atoms. The quantitative estimate of drug-likeness (QED) is 0.625. The minimum absolute atomic E-state index is 0.0394. The number of hydrogen-bond acceptors (Lipinski definition) is 4. The summed E-state index contributed by atoms with van der Waals surface area (Å²) in [5, 5.41) is 18.5. The molecule has 2 rings (SSSR count). The molecular weight excluding hydrogens is 256 g/mol. The van der Waals surface area contributed by atoms with Crippen molar-refractivity contribution in [3.63, 3.8) is 0 Å². The van der Waals surface area contributed by atoms with Crippen molar-refractivity contribution >= 4 is 28.4 Å². The molecule has 0 aromatic heterocycles. The Morgan fingerprint density at radius 1 is 1.39 bits per heavy atom. The molecule has 1 atom stereocenters. The van der Waals surface area contributed by atoms with E-state index in [-0.39, 0.29) is 11.5 Å². The average Bonchev–Trinajstić information content (AvgIpc) is 2.48. The summed E-state index contributed by atoms with van der Waals surface area (Å²) in [6, 6.07) is 5.61. The molecule has 1 aromatic rings. The first-order valence-corrected chi connectivity index (χ1v) is 6.27. The second-order valence-corrected chi connectivity index (χ2v) is 5.46. The molecule has 0 radical (unpaired) electrons. The molecule has 1 aromatic carbocycles. The maximum Gasteiger partial charge on any atom is 0.269 e. The van der Waals surface area contributed by atoms with Crippen molar-refractivity contribution in [1.82, 2.24) is 4.72 Å². The van der Waals surface area contributed by atoms with E-state index in [4.69, 9.17) is 5.41 Å². The molecule has 0 spiro atoms. The highest BCUT2D eigenvalue weighted by atomic mass is 32.2. The van der Waals surface area contributed by atoms with Crippen molar-refractivity contribution in [2.75, 3.05) is 4.31 Å². The lowest BCUT2D eigenvalue weighted by atomic mass is 10.1. The first-order chi connectivity index (χ1) is 8.33. The maximum absolute atomic E-state index is 11.9. The summed E-state index contributed by atoms with van der Waals surface area (Å²) < 4.78 is 15.9. The topological polar surface area (TPSA) is 99.3 Å². The molecule has 0 amide bonds. The van der Waals surface area contributed by atoms with Crippen molar-refractivity contribution in [2.24, 2.45) is 0 Å². The maximum atomic E-state index is 11.9. The summed E-state index contributed by atoms with van der Waals surface area (Å²) in [5.41, 5.74) is -0.239. The van der Waals surface area contributed by atoms with Crippen molar-refractivity contribution in [3.8, 4) is 0 Å². The Hall–Kier alpha value is -1.80. The van der Waals surface area contributed by atoms with Crippen LogP contribution in [0.1, 0.15) is 13.8 Å². The Bertz CT molecular complexity index is 541. The lowest BCUT2D eigenvalue weighted by Gasteiger charge is -2.18. The number of non-ortho nitro benzene ring substituents is 1. The van der Waals surface area contributed by atoms with Gasteiger partial charge in [-0.2, -0.15) is 0 Å². The van der Waals surface area contributed by atoms with Gasteiger partial charge in [0, 0.05) is 12.1 Å². The normalized spacial score (nSPS) is 22.2. The second kappa shape index (κ2) is 4.14. The average molecular weight is 268 g/mol. The van der Waals surface area contributed by atoms with Crippen molar-refractivity contribution < 1.29 is 9.13 Å². The first-order valence-electron chi connectivity index (χ1n) is 5.16. The van der Waals surface area contributed by atoms with Crippen LogP contribution in [0, 0.1) is 15.5 Å². The van der Waals surface area contributed by atoms with E-state index in [0.29, 0.717) is 5.69 Å². The molecule has 1 fully saturated rings. The summed E-state index contributed by atoms with van der Waals surface area (Å²) in [6.07, 6.45) is 0. The molecule has 96 valence electrons. The summed E-state index contributed by atoms with van der Waals surface area (Å²) >= 11 is -1.54. The number of nitro benzene ring substituents is 1. The van der Waals surface area contributed by atoms with Crippen molar-refractivity contribution in [2.45, 2.75) is 19.4 Å². The standard InChI is InChI=1S/C10H12N4O3S/c1-10(2)9(11)13(18(17)12-10)7-3-5-8(6-4-7)14(15)16/h3-6,11-12H,1-2H3. The predicted octanol–water partition coefficient (Wildman–Crippen LogP) is 1.34. The van der Waals surface area contributed by atoms with Crippen LogP contribution in [0.25, 0.3) is 0 Å². The molecular formula is C10H12N4O3S. The monoisotopic (exact) mass is 268 g/mol. The second-order valence-electron chi connectivity index (χ2n) is 4.39. The van der Waals surface area contributed by atoms with Crippen molar-refractivity contribution in [3.05, 3.63) is 34.4 Å². The lowest BCUT2D eigenvalue weighted by molar-refractivity contribution is -0.384. The fourth-order valence-electron chi connectivity index (χ4n) is 1.58. The van der Waals surface area contributed by atoms with Crippen LogP contribution >= 0.6 is 0 Å². The number of amidine groups is 1. The third-order valence-electron chi connectivity index (χ3n) is 2.60. The fraction of sp³-hybridized carbons (Fsp3) is 0.300. The van der Waals surface area contributed by atoms with E-state index in [0.717, 1.165) is 0 Å². The number of nitro groups is 1. The van der Waals surface area contributed by atoms with Gasteiger partial charge in [0.2, 0.25) is 11.2 Å². The van der Waals surface area contributed by atoms with Gasteiger partial charge in [-0.3, -0.25) is 15.5 Å². The minimum Gasteiger partial charge on any atom is -0.286 e. The van der Waals surface area contributed by atoms with E-state index in [1.54, 1.807) is 13.8 Å². The van der Waals surface area contributed by atoms with E-state index in [1.165, 1.54) is 28.6 Å². The van der Waals surface area contributed by atoms with Gasteiger partial charge < -0.3 is 0 Å². The van der Waals surface area contributed by atoms with E-state index >= 15 is 0 Å². The number of anilines is 1. The lowest BCUT2D eigenvalue weighted by Crippen LogP contribution is -2.39. The number of benzene rings is 1. The highest BCUT2D eigenvalue weighted by Crippen LogP contribution is 2.27. The molecule has 8 heteroatoms. The highest BCUT2D eigenvalue weighted by molar-refractivity contribution is 7.86. The molecule has 0 saturated carbocycles.